The molecule has 5 aromatic rings. The summed E-state index contributed by atoms with van der Waals surface area (Å²) in [6, 6.07) is 26.4. The molecule has 0 saturated heterocycles. The van der Waals surface area contributed by atoms with Gasteiger partial charge in [0.2, 0.25) is 0 Å². The third kappa shape index (κ3) is 8.67. The number of rotatable bonds is 11. The van der Waals surface area contributed by atoms with Crippen molar-refractivity contribution in [3.05, 3.63) is 116 Å². The summed E-state index contributed by atoms with van der Waals surface area (Å²) in [6.07, 6.45) is 1.52. The lowest BCUT2D eigenvalue weighted by Gasteiger charge is -2.13. The second kappa shape index (κ2) is 14.8. The lowest BCUT2D eigenvalue weighted by atomic mass is 10.1. The fraction of sp³-hybridized carbons (Fsp3) is 0.118. The molecule has 0 fully saturated rings. The molecule has 5 rings (SSSR count). The number of halogens is 1. The number of thiazole rings is 1. The van der Waals surface area contributed by atoms with Crippen molar-refractivity contribution >= 4 is 68.5 Å². The zero-order chi connectivity index (χ0) is 31.8. The number of anilines is 3. The third-order valence-electron chi connectivity index (χ3n) is 6.53. The average Bonchev–Trinajstić information content (AvgIpc) is 3.50. The second-order valence-electron chi connectivity index (χ2n) is 10.0. The number of carbonyl (C=O) groups excluding carboxylic acids is 2. The predicted molar refractivity (Wildman–Crippen MR) is 188 cm³/mol. The van der Waals surface area contributed by atoms with Crippen molar-refractivity contribution < 1.29 is 19.1 Å². The molecule has 1 heterocycles. The van der Waals surface area contributed by atoms with Gasteiger partial charge in [0.15, 0.2) is 23.2 Å². The van der Waals surface area contributed by atoms with Gasteiger partial charge in [-0.2, -0.15) is 5.10 Å². The highest BCUT2D eigenvalue weighted by atomic mass is 127. The number of hydrogen-bond acceptors (Lipinski definition) is 8. The van der Waals surface area contributed by atoms with Gasteiger partial charge in [-0.15, -0.1) is 11.3 Å². The van der Waals surface area contributed by atoms with Crippen LogP contribution in [0.15, 0.2) is 95.4 Å². The largest absolute Gasteiger partial charge is 0.493 e. The minimum absolute atomic E-state index is 0.184. The van der Waals surface area contributed by atoms with E-state index in [2.05, 4.69) is 48.7 Å². The van der Waals surface area contributed by atoms with Crippen LogP contribution in [0.3, 0.4) is 0 Å². The van der Waals surface area contributed by atoms with Crippen molar-refractivity contribution in [2.75, 3.05) is 24.4 Å². The molecule has 0 bridgehead atoms. The van der Waals surface area contributed by atoms with Crippen LogP contribution in [0.2, 0.25) is 0 Å². The second-order valence-corrected chi connectivity index (χ2v) is 12.1. The summed E-state index contributed by atoms with van der Waals surface area (Å²) in [4.78, 5) is 29.8. The van der Waals surface area contributed by atoms with Crippen molar-refractivity contribution in [3.8, 4) is 22.8 Å². The molecule has 0 saturated carbocycles. The molecule has 4 aromatic carbocycles. The first kappa shape index (κ1) is 31.7. The summed E-state index contributed by atoms with van der Waals surface area (Å²) in [5.74, 6) is 0.246. The molecule has 0 aliphatic heterocycles. The zero-order valence-electron chi connectivity index (χ0n) is 24.8. The molecule has 45 heavy (non-hydrogen) atoms. The van der Waals surface area contributed by atoms with Crippen LogP contribution in [-0.4, -0.2) is 36.7 Å². The van der Waals surface area contributed by atoms with E-state index in [4.69, 9.17) is 9.47 Å². The zero-order valence-corrected chi connectivity index (χ0v) is 27.7. The molecule has 0 aliphatic rings. The van der Waals surface area contributed by atoms with E-state index < -0.39 is 0 Å². The number of carbonyl (C=O) groups is 2. The fourth-order valence-electron chi connectivity index (χ4n) is 4.26. The van der Waals surface area contributed by atoms with Gasteiger partial charge in [0.05, 0.1) is 22.6 Å². The normalized spacial score (nSPS) is 10.8. The molecule has 0 unspecified atom stereocenters. The summed E-state index contributed by atoms with van der Waals surface area (Å²) < 4.78 is 12.0. The van der Waals surface area contributed by atoms with Gasteiger partial charge in [-0.25, -0.2) is 10.4 Å². The third-order valence-corrected chi connectivity index (χ3v) is 8.09. The summed E-state index contributed by atoms with van der Waals surface area (Å²) >= 11 is 3.62. The van der Waals surface area contributed by atoms with Gasteiger partial charge in [-0.05, 0) is 96.1 Å². The van der Waals surface area contributed by atoms with Gasteiger partial charge in [0.25, 0.3) is 11.8 Å². The lowest BCUT2D eigenvalue weighted by molar-refractivity contribution is -0.118. The summed E-state index contributed by atoms with van der Waals surface area (Å²) in [7, 11) is 1.52. The smallest absolute Gasteiger partial charge is 0.271 e. The van der Waals surface area contributed by atoms with Crippen molar-refractivity contribution in [1.82, 2.24) is 10.4 Å². The molecule has 1 aromatic heterocycles. The minimum Gasteiger partial charge on any atom is -0.493 e. The Kier molecular flexibility index (Phi) is 10.4. The van der Waals surface area contributed by atoms with Crippen molar-refractivity contribution in [2.45, 2.75) is 13.8 Å². The monoisotopic (exact) mass is 731 g/mol. The highest BCUT2D eigenvalue weighted by molar-refractivity contribution is 14.1. The predicted octanol–water partition coefficient (Wildman–Crippen LogP) is 7.57. The van der Waals surface area contributed by atoms with Crippen molar-refractivity contribution in [1.29, 1.82) is 0 Å². The first-order valence-corrected chi connectivity index (χ1v) is 15.8. The first-order chi connectivity index (χ1) is 21.8. The maximum Gasteiger partial charge on any atom is 0.271 e. The highest BCUT2D eigenvalue weighted by Gasteiger charge is 2.14. The number of hydrogen-bond donors (Lipinski definition) is 3. The Labute approximate surface area is 278 Å². The number of hydrazone groups is 1. The van der Waals surface area contributed by atoms with Crippen LogP contribution in [-0.2, 0) is 4.79 Å². The quantitative estimate of drug-likeness (QED) is 0.0735. The Morgan fingerprint density at radius 1 is 0.956 bits per heavy atom. The first-order valence-electron chi connectivity index (χ1n) is 13.9. The highest BCUT2D eigenvalue weighted by Crippen LogP contribution is 2.33. The number of nitrogens with one attached hydrogen (secondary N) is 3. The Bertz CT molecular complexity index is 1840. The van der Waals surface area contributed by atoms with E-state index in [-0.39, 0.29) is 18.4 Å². The molecule has 228 valence electrons. The maximum atomic E-state index is 12.7. The van der Waals surface area contributed by atoms with E-state index in [0.29, 0.717) is 28.3 Å². The SMILES string of the molecule is COc1cc(/C=N/NC(=O)c2ccc(-c3csc(Nc4ccc(C)cc4)n3)cc2)cc(I)c1OCC(=O)Nc1cccc(C)c1. The van der Waals surface area contributed by atoms with E-state index in [1.807, 2.05) is 86.0 Å². The summed E-state index contributed by atoms with van der Waals surface area (Å²) in [5, 5.41) is 13.0. The van der Waals surface area contributed by atoms with Crippen LogP contribution in [0.5, 0.6) is 11.5 Å². The van der Waals surface area contributed by atoms with Gasteiger partial charge in [-0.1, -0.05) is 42.0 Å². The topological polar surface area (TPSA) is 114 Å². The van der Waals surface area contributed by atoms with E-state index in [1.54, 1.807) is 18.2 Å². The lowest BCUT2D eigenvalue weighted by Crippen LogP contribution is -2.20. The Morgan fingerprint density at radius 2 is 1.73 bits per heavy atom. The Balaban J connectivity index is 1.15. The van der Waals surface area contributed by atoms with E-state index in [1.165, 1.54) is 30.2 Å². The fourth-order valence-corrected chi connectivity index (χ4v) is 5.78. The molecule has 11 heteroatoms. The van der Waals surface area contributed by atoms with Gasteiger partial charge in [0.1, 0.15) is 0 Å². The molecule has 0 atom stereocenters. The molecule has 9 nitrogen and oxygen atoms in total. The van der Waals surface area contributed by atoms with E-state index in [9.17, 15) is 9.59 Å². The van der Waals surface area contributed by atoms with Crippen LogP contribution >= 0.6 is 33.9 Å². The Hall–Kier alpha value is -4.75. The molecule has 2 amide bonds. The maximum absolute atomic E-state index is 12.7. The molecule has 3 N–H and O–H groups in total. The number of aryl methyl sites for hydroxylation is 2. The number of nitrogens with zero attached hydrogens (tertiary/aromatic N) is 2. The molecular formula is C34H30IN5O4S. The number of benzene rings is 4. The molecule has 0 spiro atoms. The minimum atomic E-state index is -0.348. The van der Waals surface area contributed by atoms with Gasteiger partial charge >= 0.3 is 0 Å². The van der Waals surface area contributed by atoms with Crippen LogP contribution in [0.4, 0.5) is 16.5 Å². The van der Waals surface area contributed by atoms with Gasteiger partial charge in [-0.3, -0.25) is 9.59 Å². The average molecular weight is 732 g/mol. The number of amides is 2. The molecule has 0 radical (unpaired) electrons. The van der Waals surface area contributed by atoms with Gasteiger partial charge in [0, 0.05) is 27.9 Å². The molecular weight excluding hydrogens is 701 g/mol. The summed E-state index contributed by atoms with van der Waals surface area (Å²) in [6.45, 7) is 3.82. The van der Waals surface area contributed by atoms with Gasteiger partial charge < -0.3 is 20.1 Å². The standard InChI is InChI=1S/C34H30IN5O4S/c1-21-7-13-26(14-8-21)38-34-39-29(20-45-34)24-9-11-25(12-10-24)33(42)40-36-18-23-16-28(35)32(30(17-23)43-3)44-19-31(41)37-27-6-4-5-22(2)15-27/h4-18,20H,19H2,1-3H3,(H,37,41)(H,38,39)(H,40,42)/b36-18+. The number of methoxy groups -OCH3 is 1. The number of aromatic nitrogens is 1. The van der Waals surface area contributed by atoms with E-state index in [0.717, 1.165) is 31.2 Å². The number of ether oxygens (including phenoxy) is 2. The molecule has 0 aliphatic carbocycles. The van der Waals surface area contributed by atoms with Crippen LogP contribution < -0.4 is 25.5 Å². The van der Waals surface area contributed by atoms with Crippen LogP contribution in [0.1, 0.15) is 27.0 Å². The Morgan fingerprint density at radius 3 is 2.47 bits per heavy atom. The van der Waals surface area contributed by atoms with Crippen molar-refractivity contribution in [2.24, 2.45) is 5.10 Å². The van der Waals surface area contributed by atoms with E-state index >= 15 is 0 Å². The summed E-state index contributed by atoms with van der Waals surface area (Å²) in [5.41, 5.74) is 9.35. The van der Waals surface area contributed by atoms with Crippen LogP contribution in [0, 0.1) is 17.4 Å². The van der Waals surface area contributed by atoms with Crippen molar-refractivity contribution in [3.63, 3.8) is 0 Å². The van der Waals surface area contributed by atoms with Crippen LogP contribution in [0.25, 0.3) is 11.3 Å².